The molecule has 0 aromatic heterocycles. The first-order valence-corrected chi connectivity index (χ1v) is 45.0. The third-order valence-electron chi connectivity index (χ3n) is 23.8. The highest BCUT2D eigenvalue weighted by atomic mass is 14.2. The van der Waals surface area contributed by atoms with Crippen molar-refractivity contribution in [1.82, 2.24) is 0 Å². The van der Waals surface area contributed by atoms with Crippen LogP contribution in [0.25, 0.3) is 109 Å². The van der Waals surface area contributed by atoms with E-state index in [1.165, 1.54) is 309 Å². The van der Waals surface area contributed by atoms with Gasteiger partial charge in [0.05, 0.1) is 0 Å². The zero-order valence-corrected chi connectivity index (χ0v) is 75.1. The second-order valence-electron chi connectivity index (χ2n) is 34.3. The first-order valence-electron chi connectivity index (χ1n) is 45.0. The van der Waals surface area contributed by atoms with Gasteiger partial charge in [-0.15, -0.1) is 0 Å². The Kier molecular flexibility index (Phi) is 33.4. The Morgan fingerprint density at radius 3 is 0.849 bits per heavy atom. The highest BCUT2D eigenvalue weighted by molar-refractivity contribution is 6.22. The second-order valence-corrected chi connectivity index (χ2v) is 34.3. The van der Waals surface area contributed by atoms with Crippen molar-refractivity contribution in [3.8, 4) is 44.5 Å². The van der Waals surface area contributed by atoms with E-state index in [9.17, 15) is 0 Å². The summed E-state index contributed by atoms with van der Waals surface area (Å²) >= 11 is 0. The summed E-state index contributed by atoms with van der Waals surface area (Å²) in [5, 5.41) is 16.7. The first-order chi connectivity index (χ1) is 57.8. The van der Waals surface area contributed by atoms with E-state index >= 15 is 0 Å². The molecule has 0 atom stereocenters. The summed E-state index contributed by atoms with van der Waals surface area (Å²) in [4.78, 5) is 0. The summed E-state index contributed by atoms with van der Waals surface area (Å²) in [6, 6.07) is 106. The van der Waals surface area contributed by atoms with Crippen molar-refractivity contribution < 1.29 is 0 Å². The molecule has 16 aromatic rings. The zero-order valence-electron chi connectivity index (χ0n) is 75.1. The molecule has 0 N–H and O–H groups in total. The van der Waals surface area contributed by atoms with Crippen LogP contribution in [0.3, 0.4) is 0 Å². The fourth-order valence-corrected chi connectivity index (χ4v) is 17.7. The van der Waals surface area contributed by atoms with E-state index in [0.717, 1.165) is 0 Å². The van der Waals surface area contributed by atoms with Gasteiger partial charge in [0, 0.05) is 0 Å². The molecule has 16 rings (SSSR count). The van der Waals surface area contributed by atoms with E-state index in [4.69, 9.17) is 0 Å². The molecule has 0 radical (unpaired) electrons. The average molecular weight is 1560 g/mol. The molecule has 0 fully saturated rings. The molecule has 0 bridgehead atoms. The van der Waals surface area contributed by atoms with Gasteiger partial charge >= 0.3 is 0 Å². The second kappa shape index (κ2) is 44.8. The van der Waals surface area contributed by atoms with Crippen molar-refractivity contribution in [2.45, 2.75) is 233 Å². The van der Waals surface area contributed by atoms with Crippen LogP contribution in [0.5, 0.6) is 0 Å². The van der Waals surface area contributed by atoms with Gasteiger partial charge < -0.3 is 0 Å². The summed E-state index contributed by atoms with van der Waals surface area (Å²) in [7, 11) is 0. The molecule has 0 saturated carbocycles. The molecule has 16 aromatic carbocycles. The van der Waals surface area contributed by atoms with Gasteiger partial charge in [0.2, 0.25) is 0 Å². The van der Waals surface area contributed by atoms with Gasteiger partial charge in [-0.05, 0) is 271 Å². The quantitative estimate of drug-likeness (QED) is 0.0442. The lowest BCUT2D eigenvalue weighted by Gasteiger charge is -2.19. The summed E-state index contributed by atoms with van der Waals surface area (Å²) in [5.74, 6) is 0. The molecule has 0 unspecified atom stereocenters. The Labute approximate surface area is 717 Å². The number of hydrogen-bond acceptors (Lipinski definition) is 0. The minimum atomic E-state index is 1.24. The molecule has 0 nitrogen and oxygen atoms in total. The van der Waals surface area contributed by atoms with Gasteiger partial charge in [-0.1, -0.05) is 451 Å². The number of rotatable bonds is 23. The van der Waals surface area contributed by atoms with Crippen molar-refractivity contribution in [3.05, 3.63) is 380 Å². The zero-order chi connectivity index (χ0) is 84.2. The van der Waals surface area contributed by atoms with Crippen LogP contribution >= 0.6 is 0 Å². The number of hydrogen-bond donors (Lipinski definition) is 0. The highest BCUT2D eigenvalue weighted by Crippen LogP contribution is 2.46. The Morgan fingerprint density at radius 2 is 0.471 bits per heavy atom. The van der Waals surface area contributed by atoms with E-state index in [0.29, 0.717) is 0 Å². The van der Waals surface area contributed by atoms with Gasteiger partial charge in [-0.3, -0.25) is 0 Å². The highest BCUT2D eigenvalue weighted by Gasteiger charge is 2.20. The van der Waals surface area contributed by atoms with E-state index in [2.05, 4.69) is 402 Å². The van der Waals surface area contributed by atoms with E-state index in [1.54, 1.807) is 11.1 Å². The SMILES string of the molecule is CCCCCCCCc1c(CCCCCCCC)c2cc(C)ccc2c2ccc(C)cc12.CCCCCCc1cc(C)cc(C)c1.Cc1cc(-c2ccccc2)c(C)cc1-c1ccccc1.Cc1ccc2c(c1)c(-c1ccccc1)c(-c1ccccc1)c1cc(C)ccc12.Cc1ccc2c(c1)cc(C)c1cc(C)ccc12.Cc1cccc(C)c1. The fraction of sp³-hybridized carbons (Fsp3) is 0.294. The molecule has 610 valence electrons. The molecular weight excluding hydrogens is 1430 g/mol. The van der Waals surface area contributed by atoms with Crippen molar-refractivity contribution in [1.29, 1.82) is 0 Å². The average Bonchev–Trinajstić information content (AvgIpc) is 0.742. The summed E-state index contributed by atoms with van der Waals surface area (Å²) < 4.78 is 0. The molecule has 0 aliphatic heterocycles. The Balaban J connectivity index is 0.000000146. The molecular formula is C119H134. The van der Waals surface area contributed by atoms with Crippen LogP contribution in [0.1, 0.15) is 213 Å². The van der Waals surface area contributed by atoms with Crippen LogP contribution in [0.2, 0.25) is 0 Å². The third-order valence-corrected chi connectivity index (χ3v) is 23.8. The van der Waals surface area contributed by atoms with E-state index in [1.807, 2.05) is 0 Å². The van der Waals surface area contributed by atoms with Crippen molar-refractivity contribution in [3.63, 3.8) is 0 Å². The van der Waals surface area contributed by atoms with Gasteiger partial charge in [0.1, 0.15) is 0 Å². The molecule has 0 aliphatic carbocycles. The van der Waals surface area contributed by atoms with Gasteiger partial charge in [0.25, 0.3) is 0 Å². The first kappa shape index (κ1) is 88.9. The predicted molar refractivity (Wildman–Crippen MR) is 529 cm³/mol. The number of benzene rings is 16. The molecule has 119 heavy (non-hydrogen) atoms. The molecule has 0 heterocycles. The lowest BCUT2D eigenvalue weighted by molar-refractivity contribution is 0.600. The van der Waals surface area contributed by atoms with E-state index in [-0.39, 0.29) is 0 Å². The van der Waals surface area contributed by atoms with Crippen LogP contribution in [-0.2, 0) is 19.3 Å². The lowest BCUT2D eigenvalue weighted by Crippen LogP contribution is -2.00. The van der Waals surface area contributed by atoms with Crippen LogP contribution in [0, 0.1) is 90.0 Å². The van der Waals surface area contributed by atoms with Crippen LogP contribution < -0.4 is 0 Å². The lowest BCUT2D eigenvalue weighted by atomic mass is 9.84. The van der Waals surface area contributed by atoms with Gasteiger partial charge in [-0.2, -0.15) is 0 Å². The minimum absolute atomic E-state index is 1.24. The Morgan fingerprint density at radius 1 is 0.176 bits per heavy atom. The van der Waals surface area contributed by atoms with Gasteiger partial charge in [-0.25, -0.2) is 0 Å². The maximum absolute atomic E-state index is 2.46. The summed E-state index contributed by atoms with van der Waals surface area (Å²) in [6.45, 7) is 35.2. The maximum atomic E-state index is 2.46. The smallest absolute Gasteiger partial charge is 0.00203 e. The van der Waals surface area contributed by atoms with Crippen molar-refractivity contribution in [2.24, 2.45) is 0 Å². The predicted octanol–water partition coefficient (Wildman–Crippen LogP) is 35.6. The van der Waals surface area contributed by atoms with Crippen LogP contribution in [-0.4, -0.2) is 0 Å². The largest absolute Gasteiger partial charge is 0.0654 e. The minimum Gasteiger partial charge on any atom is -0.0654 e. The van der Waals surface area contributed by atoms with Gasteiger partial charge in [0.15, 0.2) is 0 Å². The topological polar surface area (TPSA) is 0 Å². The normalized spacial score (nSPS) is 11.0. The summed E-state index contributed by atoms with van der Waals surface area (Å²) in [5.41, 5.74) is 32.7. The Hall–Kier alpha value is -10.9. The Bertz CT molecular complexity index is 5640. The summed E-state index contributed by atoms with van der Waals surface area (Å²) in [6.07, 6.45) is 25.6. The molecule has 0 amide bonds. The number of fused-ring (bicyclic) bond motifs is 9. The molecule has 0 saturated heterocycles. The maximum Gasteiger partial charge on any atom is -0.00203 e. The number of aryl methyl sites for hydroxylation is 16. The van der Waals surface area contributed by atoms with Crippen molar-refractivity contribution in [2.75, 3.05) is 0 Å². The standard InChI is InChI=1S/C32H46.C28H22.C20H18.C17H16.C14H22.C8H10/c1-5-7-9-11-13-15-17-27-28(18-16-14-12-10-8-6-2)32-24-26(4)20-22-30(32)29-21-19-25(3)23-31(27)29;1-19-13-15-23-24-16-14-20(2)18-26(24)28(22-11-7-4-8-12-22)27(25(23)17-19)21-9-5-3-6-10-21;1-15-13-20(18-11-7-4-8-12-18)16(2)14-19(15)17-9-5-3-6-10-17;1-11-4-6-15-14(8-11)10-13(3)17-9-12(2)5-7-16(15)17;1-4-5-6-7-8-14-10-12(2)9-13(3)11-14;1-7-4-3-5-8(2)6-7/h19-24H,5-18H2,1-4H3;3-18H,1-2H3;3-14H,1-2H3;4-10H,1-3H3;9-11H,4-8H2,1-3H3;3-6H,1-2H3. The number of unbranched alkanes of at least 4 members (excludes halogenated alkanes) is 13. The van der Waals surface area contributed by atoms with Crippen molar-refractivity contribution >= 4 is 64.6 Å². The molecule has 0 heteroatoms. The van der Waals surface area contributed by atoms with Crippen LogP contribution in [0.15, 0.2) is 291 Å². The third kappa shape index (κ3) is 24.6. The molecule has 0 spiro atoms. The molecule has 0 aliphatic rings. The monoisotopic (exact) mass is 1560 g/mol. The van der Waals surface area contributed by atoms with Crippen LogP contribution in [0.4, 0.5) is 0 Å². The van der Waals surface area contributed by atoms with E-state index < -0.39 is 0 Å². The fourth-order valence-electron chi connectivity index (χ4n) is 17.7.